The van der Waals surface area contributed by atoms with Gasteiger partial charge in [-0.25, -0.2) is 4.98 Å². The molecule has 0 bridgehead atoms. The molecule has 0 aliphatic rings. The molecule has 1 rings (SSSR count). The number of rotatable bonds is 7. The van der Waals surface area contributed by atoms with Crippen LogP contribution in [0.1, 0.15) is 12.1 Å². The van der Waals surface area contributed by atoms with E-state index in [0.717, 1.165) is 30.3 Å². The quantitative estimate of drug-likeness (QED) is 0.708. The van der Waals surface area contributed by atoms with Crippen LogP contribution in [0.15, 0.2) is 5.38 Å². The monoisotopic (exact) mass is 256 g/mol. The van der Waals surface area contributed by atoms with Gasteiger partial charge in [0.1, 0.15) is 0 Å². The lowest BCUT2D eigenvalue weighted by atomic mass is 10.3. The Morgan fingerprint density at radius 3 is 2.88 bits per heavy atom. The molecule has 0 saturated heterocycles. The van der Waals surface area contributed by atoms with Crippen molar-refractivity contribution in [3.63, 3.8) is 0 Å². The van der Waals surface area contributed by atoms with E-state index in [2.05, 4.69) is 20.5 Å². The molecule has 0 aromatic carbocycles. The minimum absolute atomic E-state index is 0.0386. The van der Waals surface area contributed by atoms with E-state index >= 15 is 0 Å². The largest absolute Gasteiger partial charge is 0.365 e. The Hall–Kier alpha value is -1.14. The third-order valence-corrected chi connectivity index (χ3v) is 3.12. The molecule has 1 aromatic heterocycles. The first-order chi connectivity index (χ1) is 8.11. The fourth-order valence-electron chi connectivity index (χ4n) is 1.35. The normalized spacial score (nSPS) is 10.6. The summed E-state index contributed by atoms with van der Waals surface area (Å²) in [5.74, 6) is 0.0386. The summed E-state index contributed by atoms with van der Waals surface area (Å²) in [4.78, 5) is 17.9. The van der Waals surface area contributed by atoms with Crippen LogP contribution in [0.3, 0.4) is 0 Å². The van der Waals surface area contributed by atoms with E-state index in [1.165, 1.54) is 11.3 Å². The van der Waals surface area contributed by atoms with Gasteiger partial charge in [0, 0.05) is 19.0 Å². The first-order valence-electron chi connectivity index (χ1n) is 5.65. The van der Waals surface area contributed by atoms with Gasteiger partial charge in [-0.1, -0.05) is 0 Å². The van der Waals surface area contributed by atoms with Crippen molar-refractivity contribution in [2.24, 2.45) is 0 Å². The standard InChI is InChI=1S/C11H20N4OS/c1-12-11-14-9(8-17-11)7-10(16)13-5-4-6-15(2)3/h8H,4-7H2,1-3H3,(H,12,14)(H,13,16). The molecule has 0 spiro atoms. The molecule has 0 aliphatic carbocycles. The molecule has 0 fully saturated rings. The number of amides is 1. The minimum Gasteiger partial charge on any atom is -0.365 e. The zero-order valence-corrected chi connectivity index (χ0v) is 11.4. The number of aromatic nitrogens is 1. The molecule has 0 radical (unpaired) electrons. The van der Waals surface area contributed by atoms with Crippen LogP contribution < -0.4 is 10.6 Å². The number of nitrogens with one attached hydrogen (secondary N) is 2. The Kier molecular flexibility index (Phi) is 5.93. The molecule has 2 N–H and O–H groups in total. The third-order valence-electron chi connectivity index (χ3n) is 2.21. The van der Waals surface area contributed by atoms with Crippen molar-refractivity contribution < 1.29 is 4.79 Å². The van der Waals surface area contributed by atoms with Crippen LogP contribution in [0, 0.1) is 0 Å². The summed E-state index contributed by atoms with van der Waals surface area (Å²) in [6.07, 6.45) is 1.33. The minimum atomic E-state index is 0.0386. The lowest BCUT2D eigenvalue weighted by molar-refractivity contribution is -0.120. The van der Waals surface area contributed by atoms with Crippen molar-refractivity contribution in [2.75, 3.05) is 39.5 Å². The highest BCUT2D eigenvalue weighted by atomic mass is 32.1. The van der Waals surface area contributed by atoms with Crippen LogP contribution in [0.2, 0.25) is 0 Å². The van der Waals surface area contributed by atoms with Crippen molar-refractivity contribution >= 4 is 22.4 Å². The number of hydrogen-bond donors (Lipinski definition) is 2. The van der Waals surface area contributed by atoms with Gasteiger partial charge in [0.05, 0.1) is 12.1 Å². The molecule has 0 aliphatic heterocycles. The fourth-order valence-corrected chi connectivity index (χ4v) is 2.02. The highest BCUT2D eigenvalue weighted by Crippen LogP contribution is 2.14. The van der Waals surface area contributed by atoms with E-state index in [4.69, 9.17) is 0 Å². The topological polar surface area (TPSA) is 57.3 Å². The smallest absolute Gasteiger partial charge is 0.226 e. The molecule has 1 amide bonds. The Labute approximate surface area is 106 Å². The SMILES string of the molecule is CNc1nc(CC(=O)NCCCN(C)C)cs1. The second kappa shape index (κ2) is 7.24. The van der Waals surface area contributed by atoms with Crippen LogP contribution in [0.25, 0.3) is 0 Å². The molecular weight excluding hydrogens is 236 g/mol. The average Bonchev–Trinajstić information content (AvgIpc) is 2.72. The number of carbonyl (C=O) groups is 1. The van der Waals surface area contributed by atoms with Crippen LogP contribution in [0.4, 0.5) is 5.13 Å². The first kappa shape index (κ1) is 13.9. The van der Waals surface area contributed by atoms with Gasteiger partial charge in [-0.15, -0.1) is 11.3 Å². The summed E-state index contributed by atoms with van der Waals surface area (Å²) < 4.78 is 0. The van der Waals surface area contributed by atoms with Gasteiger partial charge in [-0.2, -0.15) is 0 Å². The molecule has 5 nitrogen and oxygen atoms in total. The highest BCUT2D eigenvalue weighted by molar-refractivity contribution is 7.13. The molecule has 0 saturated carbocycles. The number of nitrogens with zero attached hydrogens (tertiary/aromatic N) is 2. The lowest BCUT2D eigenvalue weighted by Gasteiger charge is -2.09. The number of hydrogen-bond acceptors (Lipinski definition) is 5. The fraction of sp³-hybridized carbons (Fsp3) is 0.636. The summed E-state index contributed by atoms with van der Waals surface area (Å²) in [5.41, 5.74) is 0.824. The van der Waals surface area contributed by atoms with Crippen molar-refractivity contribution in [1.82, 2.24) is 15.2 Å². The molecular formula is C11H20N4OS. The second-order valence-electron chi connectivity index (χ2n) is 4.08. The van der Waals surface area contributed by atoms with Crippen molar-refractivity contribution in [3.05, 3.63) is 11.1 Å². The van der Waals surface area contributed by atoms with Crippen LogP contribution in [0.5, 0.6) is 0 Å². The summed E-state index contributed by atoms with van der Waals surface area (Å²) in [5, 5.41) is 8.60. The van der Waals surface area contributed by atoms with Gasteiger partial charge in [0.2, 0.25) is 5.91 Å². The van der Waals surface area contributed by atoms with Crippen molar-refractivity contribution in [1.29, 1.82) is 0 Å². The summed E-state index contributed by atoms with van der Waals surface area (Å²) in [6.45, 7) is 1.71. The predicted molar refractivity (Wildman–Crippen MR) is 71.5 cm³/mol. The number of anilines is 1. The highest BCUT2D eigenvalue weighted by Gasteiger charge is 2.06. The van der Waals surface area contributed by atoms with Gasteiger partial charge in [-0.05, 0) is 27.1 Å². The van der Waals surface area contributed by atoms with Gasteiger partial charge in [0.25, 0.3) is 0 Å². The van der Waals surface area contributed by atoms with E-state index in [-0.39, 0.29) is 5.91 Å². The van der Waals surface area contributed by atoms with Crippen molar-refractivity contribution in [2.45, 2.75) is 12.8 Å². The number of carbonyl (C=O) groups excluding carboxylic acids is 1. The Bertz CT molecular complexity index is 351. The zero-order valence-electron chi connectivity index (χ0n) is 10.6. The first-order valence-corrected chi connectivity index (χ1v) is 6.53. The third kappa shape index (κ3) is 5.65. The van der Waals surface area contributed by atoms with Crippen molar-refractivity contribution in [3.8, 4) is 0 Å². The molecule has 1 aromatic rings. The summed E-state index contributed by atoms with van der Waals surface area (Å²) >= 11 is 1.51. The van der Waals surface area contributed by atoms with Gasteiger partial charge < -0.3 is 15.5 Å². The molecule has 0 atom stereocenters. The summed E-state index contributed by atoms with van der Waals surface area (Å²) in [6, 6.07) is 0. The Balaban J connectivity index is 2.20. The van der Waals surface area contributed by atoms with Gasteiger partial charge in [-0.3, -0.25) is 4.79 Å². The van der Waals surface area contributed by atoms with Gasteiger partial charge >= 0.3 is 0 Å². The lowest BCUT2D eigenvalue weighted by Crippen LogP contribution is -2.28. The molecule has 96 valence electrons. The number of thiazole rings is 1. The van der Waals surface area contributed by atoms with Gasteiger partial charge in [0.15, 0.2) is 5.13 Å². The summed E-state index contributed by atoms with van der Waals surface area (Å²) in [7, 11) is 5.87. The Morgan fingerprint density at radius 2 is 2.29 bits per heavy atom. The van der Waals surface area contributed by atoms with E-state index in [9.17, 15) is 4.79 Å². The molecule has 1 heterocycles. The maximum Gasteiger partial charge on any atom is 0.226 e. The van der Waals surface area contributed by atoms with E-state index in [1.54, 1.807) is 0 Å². The van der Waals surface area contributed by atoms with E-state index in [0.29, 0.717) is 6.42 Å². The van der Waals surface area contributed by atoms with Crippen LogP contribution in [-0.4, -0.2) is 50.0 Å². The van der Waals surface area contributed by atoms with Crippen LogP contribution >= 0.6 is 11.3 Å². The zero-order chi connectivity index (χ0) is 12.7. The molecule has 17 heavy (non-hydrogen) atoms. The van der Waals surface area contributed by atoms with E-state index in [1.807, 2.05) is 26.5 Å². The average molecular weight is 256 g/mol. The Morgan fingerprint density at radius 1 is 1.53 bits per heavy atom. The maximum absolute atomic E-state index is 11.6. The van der Waals surface area contributed by atoms with E-state index < -0.39 is 0 Å². The maximum atomic E-state index is 11.6. The molecule has 0 unspecified atom stereocenters. The molecule has 6 heteroatoms. The predicted octanol–water partition coefficient (Wildman–Crippen LogP) is 0.795. The van der Waals surface area contributed by atoms with Crippen LogP contribution in [-0.2, 0) is 11.2 Å². The second-order valence-corrected chi connectivity index (χ2v) is 4.94.